The molecule has 6 nitrogen and oxygen atoms in total. The van der Waals surface area contributed by atoms with Crippen LogP contribution in [0.25, 0.3) is 0 Å². The van der Waals surface area contributed by atoms with E-state index in [2.05, 4.69) is 10.1 Å². The Labute approximate surface area is 75.9 Å². The van der Waals surface area contributed by atoms with Crippen LogP contribution in [0.4, 0.5) is 5.95 Å². The van der Waals surface area contributed by atoms with Gasteiger partial charge in [0.05, 0.1) is 32.2 Å². The molecule has 70 valence electrons. The summed E-state index contributed by atoms with van der Waals surface area (Å²) in [6.07, 6.45) is 1.96. The quantitative estimate of drug-likeness (QED) is 0.635. The second kappa shape index (κ2) is 5.11. The minimum absolute atomic E-state index is 0.261. The molecule has 1 heterocycles. The number of ether oxygens (including phenoxy) is 1. The maximum absolute atomic E-state index is 8.21. The highest BCUT2D eigenvalue weighted by atomic mass is 16.5. The summed E-state index contributed by atoms with van der Waals surface area (Å²) in [5, 5.41) is 12.1. The first kappa shape index (κ1) is 9.48. The molecule has 0 aromatic carbocycles. The highest BCUT2D eigenvalue weighted by Gasteiger charge is 1.94. The molecule has 0 amide bonds. The Morgan fingerprint density at radius 1 is 1.62 bits per heavy atom. The van der Waals surface area contributed by atoms with Crippen molar-refractivity contribution in [2.75, 3.05) is 18.9 Å². The van der Waals surface area contributed by atoms with E-state index in [-0.39, 0.29) is 5.95 Å². The van der Waals surface area contributed by atoms with E-state index >= 15 is 0 Å². The molecule has 0 aliphatic heterocycles. The third-order valence-electron chi connectivity index (χ3n) is 1.38. The topological polar surface area (TPSA) is 89.8 Å². The Hall–Kier alpha value is -1.61. The molecule has 0 spiro atoms. The number of nitriles is 1. The number of nitrogens with zero attached hydrogens (tertiary/aromatic N) is 4. The van der Waals surface area contributed by atoms with Crippen molar-refractivity contribution >= 4 is 5.95 Å². The molecule has 0 radical (unpaired) electrons. The normalized spacial score (nSPS) is 9.77. The maximum atomic E-state index is 8.21. The number of hydrogen-bond donors (Lipinski definition) is 1. The average molecular weight is 181 g/mol. The van der Waals surface area contributed by atoms with E-state index < -0.39 is 0 Å². The standard InChI is InChI=1S/C7H11N5O/c8-2-1-4-13-5-3-12-6-10-7(9)11-12/h6H,1,3-5H2,(H2,9,11). The first-order valence-corrected chi connectivity index (χ1v) is 3.92. The number of nitrogen functional groups attached to an aromatic ring is 1. The molecule has 0 aliphatic rings. The lowest BCUT2D eigenvalue weighted by Crippen LogP contribution is -2.07. The van der Waals surface area contributed by atoms with Crippen LogP contribution in [0.15, 0.2) is 6.33 Å². The van der Waals surface area contributed by atoms with Crippen molar-refractivity contribution in [1.82, 2.24) is 14.8 Å². The van der Waals surface area contributed by atoms with Gasteiger partial charge in [-0.3, -0.25) is 0 Å². The van der Waals surface area contributed by atoms with Gasteiger partial charge in [0.25, 0.3) is 0 Å². The zero-order valence-corrected chi connectivity index (χ0v) is 7.18. The minimum atomic E-state index is 0.261. The molecule has 1 rings (SSSR count). The summed E-state index contributed by atoms with van der Waals surface area (Å²) in [5.41, 5.74) is 5.30. The number of hydrogen-bond acceptors (Lipinski definition) is 5. The van der Waals surface area contributed by atoms with Gasteiger partial charge < -0.3 is 10.5 Å². The molecule has 13 heavy (non-hydrogen) atoms. The molecule has 0 bridgehead atoms. The molecule has 1 aromatic rings. The lowest BCUT2D eigenvalue weighted by atomic mass is 10.5. The van der Waals surface area contributed by atoms with Crippen molar-refractivity contribution in [3.63, 3.8) is 0 Å². The molecule has 0 saturated heterocycles. The van der Waals surface area contributed by atoms with Gasteiger partial charge in [-0.05, 0) is 0 Å². The molecule has 0 saturated carbocycles. The van der Waals surface area contributed by atoms with Crippen molar-refractivity contribution in [3.8, 4) is 6.07 Å². The van der Waals surface area contributed by atoms with Gasteiger partial charge in [0.2, 0.25) is 5.95 Å². The first-order chi connectivity index (χ1) is 6.33. The monoisotopic (exact) mass is 181 g/mol. The average Bonchev–Trinajstić information content (AvgIpc) is 2.51. The molecule has 6 heteroatoms. The van der Waals surface area contributed by atoms with E-state index in [1.54, 1.807) is 11.0 Å². The van der Waals surface area contributed by atoms with Crippen molar-refractivity contribution in [2.24, 2.45) is 0 Å². The zero-order chi connectivity index (χ0) is 9.52. The third-order valence-corrected chi connectivity index (χ3v) is 1.38. The maximum Gasteiger partial charge on any atom is 0.239 e. The summed E-state index contributed by atoms with van der Waals surface area (Å²) >= 11 is 0. The largest absolute Gasteiger partial charge is 0.378 e. The molecule has 1 aromatic heterocycles. The van der Waals surface area contributed by atoms with Gasteiger partial charge in [-0.2, -0.15) is 5.26 Å². The minimum Gasteiger partial charge on any atom is -0.378 e. The summed E-state index contributed by atoms with van der Waals surface area (Å²) in [7, 11) is 0. The molecule has 0 fully saturated rings. The van der Waals surface area contributed by atoms with E-state index in [1.165, 1.54) is 0 Å². The Balaban J connectivity index is 2.10. The molecular formula is C7H11N5O. The van der Waals surface area contributed by atoms with Crippen LogP contribution in [0.5, 0.6) is 0 Å². The lowest BCUT2D eigenvalue weighted by Gasteiger charge is -2.00. The van der Waals surface area contributed by atoms with Crippen LogP contribution in [0.1, 0.15) is 6.42 Å². The van der Waals surface area contributed by atoms with Crippen molar-refractivity contribution < 1.29 is 4.74 Å². The van der Waals surface area contributed by atoms with Crippen LogP contribution in [-0.2, 0) is 11.3 Å². The Morgan fingerprint density at radius 2 is 2.46 bits per heavy atom. The van der Waals surface area contributed by atoms with Gasteiger partial charge in [-0.25, -0.2) is 9.67 Å². The first-order valence-electron chi connectivity index (χ1n) is 3.92. The Kier molecular flexibility index (Phi) is 3.73. The number of anilines is 1. The van der Waals surface area contributed by atoms with E-state index in [1.807, 2.05) is 6.07 Å². The Bertz CT molecular complexity index is 289. The van der Waals surface area contributed by atoms with Crippen LogP contribution in [0, 0.1) is 11.3 Å². The molecular weight excluding hydrogens is 170 g/mol. The summed E-state index contributed by atoms with van der Waals surface area (Å²) < 4.78 is 6.73. The van der Waals surface area contributed by atoms with E-state index in [9.17, 15) is 0 Å². The lowest BCUT2D eigenvalue weighted by molar-refractivity contribution is 0.129. The van der Waals surface area contributed by atoms with Gasteiger partial charge in [-0.1, -0.05) is 0 Å². The van der Waals surface area contributed by atoms with Crippen molar-refractivity contribution in [1.29, 1.82) is 5.26 Å². The van der Waals surface area contributed by atoms with Crippen molar-refractivity contribution in [3.05, 3.63) is 6.33 Å². The smallest absolute Gasteiger partial charge is 0.239 e. The van der Waals surface area contributed by atoms with E-state index in [0.29, 0.717) is 26.2 Å². The fourth-order valence-corrected chi connectivity index (χ4v) is 0.795. The van der Waals surface area contributed by atoms with Gasteiger partial charge in [0, 0.05) is 0 Å². The van der Waals surface area contributed by atoms with Gasteiger partial charge in [-0.15, -0.1) is 5.10 Å². The SMILES string of the molecule is N#CCCOCCn1cnc(N)n1. The summed E-state index contributed by atoms with van der Waals surface area (Å²) in [4.78, 5) is 3.75. The predicted octanol–water partition coefficient (Wildman–Crippen LogP) is -0.209. The van der Waals surface area contributed by atoms with Crippen LogP contribution in [-0.4, -0.2) is 28.0 Å². The van der Waals surface area contributed by atoms with Gasteiger partial charge in [0.15, 0.2) is 0 Å². The van der Waals surface area contributed by atoms with Crippen LogP contribution in [0.2, 0.25) is 0 Å². The van der Waals surface area contributed by atoms with Gasteiger partial charge >= 0.3 is 0 Å². The molecule has 0 unspecified atom stereocenters. The number of nitrogens with two attached hydrogens (primary N) is 1. The third kappa shape index (κ3) is 3.53. The van der Waals surface area contributed by atoms with E-state index in [4.69, 9.17) is 15.7 Å². The van der Waals surface area contributed by atoms with Crippen LogP contribution in [0.3, 0.4) is 0 Å². The van der Waals surface area contributed by atoms with Crippen molar-refractivity contribution in [2.45, 2.75) is 13.0 Å². The summed E-state index contributed by atoms with van der Waals surface area (Å²) in [6, 6.07) is 1.99. The highest BCUT2D eigenvalue weighted by Crippen LogP contribution is 1.89. The summed E-state index contributed by atoms with van der Waals surface area (Å²) in [5.74, 6) is 0.261. The number of rotatable bonds is 5. The second-order valence-corrected chi connectivity index (χ2v) is 2.39. The fourth-order valence-electron chi connectivity index (χ4n) is 0.795. The van der Waals surface area contributed by atoms with Gasteiger partial charge in [0.1, 0.15) is 6.33 Å². The number of aromatic nitrogens is 3. The zero-order valence-electron chi connectivity index (χ0n) is 7.18. The molecule has 2 N–H and O–H groups in total. The highest BCUT2D eigenvalue weighted by molar-refractivity contribution is 5.08. The van der Waals surface area contributed by atoms with E-state index in [0.717, 1.165) is 0 Å². The Morgan fingerprint density at radius 3 is 3.08 bits per heavy atom. The van der Waals surface area contributed by atoms with Crippen LogP contribution >= 0.6 is 0 Å². The molecule has 0 aliphatic carbocycles. The van der Waals surface area contributed by atoms with Crippen LogP contribution < -0.4 is 5.73 Å². The summed E-state index contributed by atoms with van der Waals surface area (Å²) in [6.45, 7) is 1.58. The second-order valence-electron chi connectivity index (χ2n) is 2.39. The molecule has 0 atom stereocenters. The predicted molar refractivity (Wildman–Crippen MR) is 45.5 cm³/mol. The fraction of sp³-hybridized carbons (Fsp3) is 0.571.